The van der Waals surface area contributed by atoms with Crippen molar-refractivity contribution >= 4 is 61.3 Å². The third kappa shape index (κ3) is 3.51. The molecule has 0 aromatic carbocycles. The SMILES string of the molecule is CC1(C)CN(S(=O)(=O)c2cc(Br)sc2Cl)CCC1N.Cl. The highest BCUT2D eigenvalue weighted by Crippen LogP contribution is 2.38. The van der Waals surface area contributed by atoms with Crippen LogP contribution in [0, 0.1) is 5.41 Å². The van der Waals surface area contributed by atoms with Crippen LogP contribution >= 0.6 is 51.3 Å². The van der Waals surface area contributed by atoms with Gasteiger partial charge in [-0.05, 0) is 33.8 Å². The first kappa shape index (κ1) is 18.7. The minimum absolute atomic E-state index is 0. The molecule has 1 unspecified atom stereocenters. The molecule has 1 aliphatic heterocycles. The summed E-state index contributed by atoms with van der Waals surface area (Å²) in [5.41, 5.74) is 5.81. The first-order valence-corrected chi connectivity index (χ1v) is 9.28. The van der Waals surface area contributed by atoms with Crippen molar-refractivity contribution in [2.24, 2.45) is 11.1 Å². The monoisotopic (exact) mass is 422 g/mol. The third-order valence-electron chi connectivity index (χ3n) is 3.52. The van der Waals surface area contributed by atoms with E-state index in [-0.39, 0.29) is 28.8 Å². The van der Waals surface area contributed by atoms with Crippen LogP contribution in [0.15, 0.2) is 14.7 Å². The molecule has 1 saturated heterocycles. The Hall–Kier alpha value is 0.630. The summed E-state index contributed by atoms with van der Waals surface area (Å²) < 4.78 is 27.7. The summed E-state index contributed by atoms with van der Waals surface area (Å²) in [6.45, 7) is 4.84. The van der Waals surface area contributed by atoms with Gasteiger partial charge in [-0.3, -0.25) is 0 Å². The van der Waals surface area contributed by atoms with Crippen molar-refractivity contribution in [3.8, 4) is 0 Å². The number of sulfonamides is 1. The molecule has 0 spiro atoms. The van der Waals surface area contributed by atoms with Crippen LogP contribution in [0.3, 0.4) is 0 Å². The van der Waals surface area contributed by atoms with Gasteiger partial charge in [-0.15, -0.1) is 23.7 Å². The van der Waals surface area contributed by atoms with Crippen molar-refractivity contribution in [1.29, 1.82) is 0 Å². The van der Waals surface area contributed by atoms with Gasteiger partial charge in [0.2, 0.25) is 10.0 Å². The molecule has 116 valence electrons. The highest BCUT2D eigenvalue weighted by molar-refractivity contribution is 9.11. The Bertz CT molecular complexity index is 589. The summed E-state index contributed by atoms with van der Waals surface area (Å²) in [4.78, 5) is 0.178. The van der Waals surface area contributed by atoms with Crippen molar-refractivity contribution in [2.75, 3.05) is 13.1 Å². The lowest BCUT2D eigenvalue weighted by Gasteiger charge is -2.41. The van der Waals surface area contributed by atoms with Crippen LogP contribution in [-0.2, 0) is 10.0 Å². The molecule has 4 nitrogen and oxygen atoms in total. The zero-order valence-electron chi connectivity index (χ0n) is 11.1. The van der Waals surface area contributed by atoms with Gasteiger partial charge in [0.1, 0.15) is 9.23 Å². The normalized spacial score (nSPS) is 23.4. The molecule has 1 aromatic rings. The van der Waals surface area contributed by atoms with E-state index in [9.17, 15) is 8.42 Å². The maximum Gasteiger partial charge on any atom is 0.245 e. The van der Waals surface area contributed by atoms with Crippen molar-refractivity contribution < 1.29 is 8.42 Å². The van der Waals surface area contributed by atoms with Crippen molar-refractivity contribution in [3.63, 3.8) is 0 Å². The Morgan fingerprint density at radius 1 is 1.55 bits per heavy atom. The Morgan fingerprint density at radius 3 is 2.60 bits per heavy atom. The molecule has 0 saturated carbocycles. The molecule has 1 aromatic heterocycles. The molecule has 20 heavy (non-hydrogen) atoms. The Morgan fingerprint density at radius 2 is 2.15 bits per heavy atom. The van der Waals surface area contributed by atoms with E-state index < -0.39 is 10.0 Å². The van der Waals surface area contributed by atoms with Gasteiger partial charge >= 0.3 is 0 Å². The zero-order chi connectivity index (χ0) is 14.4. The van der Waals surface area contributed by atoms with Crippen LogP contribution in [0.25, 0.3) is 0 Å². The minimum atomic E-state index is -3.54. The zero-order valence-corrected chi connectivity index (χ0v) is 15.9. The molecule has 0 amide bonds. The second-order valence-electron chi connectivity index (χ2n) is 5.41. The lowest BCUT2D eigenvalue weighted by Crippen LogP contribution is -2.53. The van der Waals surface area contributed by atoms with Gasteiger partial charge < -0.3 is 5.73 Å². The number of nitrogens with two attached hydrogens (primary N) is 1. The smallest absolute Gasteiger partial charge is 0.245 e. The summed E-state index contributed by atoms with van der Waals surface area (Å²) >= 11 is 10.5. The molecular weight excluding hydrogens is 407 g/mol. The molecule has 2 N–H and O–H groups in total. The van der Waals surface area contributed by atoms with E-state index in [0.29, 0.717) is 27.6 Å². The molecular formula is C11H17BrCl2N2O2S2. The average molecular weight is 424 g/mol. The quantitative estimate of drug-likeness (QED) is 0.793. The Balaban J connectivity index is 0.00000200. The number of rotatable bonds is 2. The van der Waals surface area contributed by atoms with Gasteiger partial charge in [-0.2, -0.15) is 4.31 Å². The molecule has 1 aliphatic rings. The largest absolute Gasteiger partial charge is 0.327 e. The predicted molar refractivity (Wildman–Crippen MR) is 89.4 cm³/mol. The predicted octanol–water partition coefficient (Wildman–Crippen LogP) is 3.33. The maximum atomic E-state index is 12.6. The summed E-state index contributed by atoms with van der Waals surface area (Å²) in [5, 5.41) is 0. The molecule has 1 atom stereocenters. The first-order chi connectivity index (χ1) is 8.64. The standard InChI is InChI=1S/C11H16BrClN2O2S2.ClH/c1-11(2)6-15(4-3-8(11)14)19(16,17)7-5-9(12)18-10(7)13;/h5,8H,3-4,6,14H2,1-2H3;1H. The van der Waals surface area contributed by atoms with Crippen LogP contribution in [0.2, 0.25) is 4.34 Å². The minimum Gasteiger partial charge on any atom is -0.327 e. The molecule has 1 fully saturated rings. The van der Waals surface area contributed by atoms with Crippen molar-refractivity contribution in [1.82, 2.24) is 4.31 Å². The molecule has 0 radical (unpaired) electrons. The van der Waals surface area contributed by atoms with Crippen LogP contribution in [0.1, 0.15) is 20.3 Å². The second kappa shape index (κ2) is 6.40. The van der Waals surface area contributed by atoms with Crippen LogP contribution in [0.4, 0.5) is 0 Å². The first-order valence-electron chi connectivity index (χ1n) is 5.85. The second-order valence-corrected chi connectivity index (χ2v) is 10.4. The van der Waals surface area contributed by atoms with Gasteiger partial charge in [0.15, 0.2) is 0 Å². The van der Waals surface area contributed by atoms with Gasteiger partial charge in [-0.1, -0.05) is 25.4 Å². The fourth-order valence-electron chi connectivity index (χ4n) is 2.17. The summed E-state index contributed by atoms with van der Waals surface area (Å²) in [7, 11) is -3.54. The van der Waals surface area contributed by atoms with Gasteiger partial charge in [0.05, 0.1) is 3.79 Å². The number of halogens is 3. The van der Waals surface area contributed by atoms with Gasteiger partial charge in [0, 0.05) is 19.1 Å². The average Bonchev–Trinajstić information content (AvgIpc) is 2.62. The number of thiophene rings is 1. The molecule has 9 heteroatoms. The van der Waals surface area contributed by atoms with Gasteiger partial charge in [0.25, 0.3) is 0 Å². The van der Waals surface area contributed by atoms with Gasteiger partial charge in [-0.25, -0.2) is 8.42 Å². The van der Waals surface area contributed by atoms with E-state index in [1.54, 1.807) is 6.07 Å². The number of hydrogen-bond donors (Lipinski definition) is 1. The highest BCUT2D eigenvalue weighted by atomic mass is 79.9. The Labute approximate surface area is 143 Å². The fourth-order valence-corrected chi connectivity index (χ4v) is 6.53. The highest BCUT2D eigenvalue weighted by Gasteiger charge is 2.39. The van der Waals surface area contributed by atoms with Crippen molar-refractivity contribution in [3.05, 3.63) is 14.2 Å². The molecule has 0 bridgehead atoms. The maximum absolute atomic E-state index is 12.6. The number of hydrogen-bond acceptors (Lipinski definition) is 4. The van der Waals surface area contributed by atoms with E-state index in [0.717, 1.165) is 0 Å². The van der Waals surface area contributed by atoms with Crippen LogP contribution in [-0.4, -0.2) is 31.9 Å². The molecule has 2 heterocycles. The van der Waals surface area contributed by atoms with E-state index >= 15 is 0 Å². The fraction of sp³-hybridized carbons (Fsp3) is 0.636. The topological polar surface area (TPSA) is 63.4 Å². The molecule has 2 rings (SSSR count). The lowest BCUT2D eigenvalue weighted by atomic mass is 9.81. The number of nitrogens with zero attached hydrogens (tertiary/aromatic N) is 1. The van der Waals surface area contributed by atoms with E-state index in [1.165, 1.54) is 15.6 Å². The van der Waals surface area contributed by atoms with E-state index in [4.69, 9.17) is 17.3 Å². The van der Waals surface area contributed by atoms with Crippen LogP contribution < -0.4 is 5.73 Å². The third-order valence-corrected chi connectivity index (χ3v) is 7.49. The number of piperidine rings is 1. The summed E-state index contributed by atoms with van der Waals surface area (Å²) in [6, 6.07) is 1.58. The van der Waals surface area contributed by atoms with Crippen molar-refractivity contribution in [2.45, 2.75) is 31.2 Å². The van der Waals surface area contributed by atoms with E-state index in [2.05, 4.69) is 15.9 Å². The lowest BCUT2D eigenvalue weighted by molar-refractivity contribution is 0.155. The Kier molecular flexibility index (Phi) is 5.98. The summed E-state index contributed by atoms with van der Waals surface area (Å²) in [6.07, 6.45) is 0.662. The van der Waals surface area contributed by atoms with Crippen LogP contribution in [0.5, 0.6) is 0 Å². The van der Waals surface area contributed by atoms with E-state index in [1.807, 2.05) is 13.8 Å². The molecule has 0 aliphatic carbocycles. The summed E-state index contributed by atoms with van der Waals surface area (Å²) in [5.74, 6) is 0.